The van der Waals surface area contributed by atoms with Crippen LogP contribution in [0.25, 0.3) is 5.52 Å². The van der Waals surface area contributed by atoms with Crippen molar-refractivity contribution in [2.24, 2.45) is 17.3 Å². The van der Waals surface area contributed by atoms with Gasteiger partial charge in [-0.05, 0) is 49.7 Å². The van der Waals surface area contributed by atoms with Crippen molar-refractivity contribution < 1.29 is 9.90 Å². The van der Waals surface area contributed by atoms with Gasteiger partial charge in [-0.15, -0.1) is 0 Å². The Bertz CT molecular complexity index is 737. The van der Waals surface area contributed by atoms with E-state index < -0.39 is 0 Å². The number of hydrogen-bond donors (Lipinski definition) is 2. The lowest BCUT2D eigenvalue weighted by molar-refractivity contribution is 0.0126. The Morgan fingerprint density at radius 3 is 3.00 bits per heavy atom. The molecule has 2 aliphatic rings. The van der Waals surface area contributed by atoms with Crippen LogP contribution in [-0.4, -0.2) is 33.6 Å². The van der Waals surface area contributed by atoms with Gasteiger partial charge in [-0.1, -0.05) is 18.9 Å². The Balaban J connectivity index is 1.51. The number of fused-ring (bicyclic) bond motifs is 1. The van der Waals surface area contributed by atoms with Gasteiger partial charge in [-0.3, -0.25) is 4.79 Å². The number of aromatic nitrogens is 2. The molecule has 2 heterocycles. The third kappa shape index (κ3) is 2.71. The van der Waals surface area contributed by atoms with Gasteiger partial charge in [0.1, 0.15) is 6.33 Å². The highest BCUT2D eigenvalue weighted by Gasteiger charge is 2.47. The molecule has 24 heavy (non-hydrogen) atoms. The normalized spacial score (nSPS) is 27.3. The first-order valence-electron chi connectivity index (χ1n) is 9.04. The van der Waals surface area contributed by atoms with E-state index in [2.05, 4.69) is 10.3 Å². The molecule has 5 heteroatoms. The third-order valence-electron chi connectivity index (χ3n) is 5.99. The average molecular weight is 327 g/mol. The molecule has 128 valence electrons. The Labute approximate surface area is 142 Å². The molecule has 0 aliphatic heterocycles. The van der Waals surface area contributed by atoms with Crippen LogP contribution in [0.4, 0.5) is 0 Å². The summed E-state index contributed by atoms with van der Waals surface area (Å²) in [5.74, 6) is 1.16. The van der Waals surface area contributed by atoms with Gasteiger partial charge < -0.3 is 14.8 Å². The zero-order chi connectivity index (χ0) is 16.6. The fourth-order valence-corrected chi connectivity index (χ4v) is 4.50. The minimum Gasteiger partial charge on any atom is -0.396 e. The number of nitrogens with one attached hydrogen (secondary N) is 1. The van der Waals surface area contributed by atoms with Crippen LogP contribution in [0.3, 0.4) is 0 Å². The van der Waals surface area contributed by atoms with Gasteiger partial charge >= 0.3 is 0 Å². The molecule has 2 saturated carbocycles. The number of amides is 1. The maximum absolute atomic E-state index is 12.6. The fraction of sp³-hybridized carbons (Fsp3) is 0.579. The zero-order valence-corrected chi connectivity index (χ0v) is 13.9. The van der Waals surface area contributed by atoms with Crippen molar-refractivity contribution in [1.29, 1.82) is 0 Å². The minimum absolute atomic E-state index is 0.142. The Hall–Kier alpha value is -1.88. The molecule has 0 bridgehead atoms. The second-order valence-corrected chi connectivity index (χ2v) is 7.48. The number of nitrogens with zero attached hydrogens (tertiary/aromatic N) is 2. The van der Waals surface area contributed by atoms with Crippen LogP contribution in [0.1, 0.15) is 49.0 Å². The Kier molecular flexibility index (Phi) is 4.04. The van der Waals surface area contributed by atoms with Gasteiger partial charge in [-0.2, -0.15) is 0 Å². The number of pyridine rings is 1. The van der Waals surface area contributed by atoms with Crippen molar-refractivity contribution >= 4 is 11.4 Å². The molecule has 2 aliphatic carbocycles. The van der Waals surface area contributed by atoms with Gasteiger partial charge in [0.05, 0.1) is 12.1 Å². The number of aliphatic hydroxyl groups is 1. The van der Waals surface area contributed by atoms with Gasteiger partial charge in [-0.25, -0.2) is 4.98 Å². The van der Waals surface area contributed by atoms with Crippen molar-refractivity contribution in [3.8, 4) is 0 Å². The van der Waals surface area contributed by atoms with Crippen molar-refractivity contribution in [3.05, 3.63) is 36.4 Å². The molecule has 2 aromatic rings. The standard InChI is InChI=1S/C19H25N3O2/c23-12-19(9-3-1-5-15(19)14-7-8-14)11-20-18(24)17-16-6-2-4-10-22(16)13-21-17/h2,4,6,10,13-15,23H,1,3,5,7-9,11-12H2,(H,20,24). The van der Waals surface area contributed by atoms with Crippen molar-refractivity contribution in [1.82, 2.24) is 14.7 Å². The van der Waals surface area contributed by atoms with E-state index in [1.807, 2.05) is 28.8 Å². The predicted molar refractivity (Wildman–Crippen MR) is 91.7 cm³/mol. The second kappa shape index (κ2) is 6.20. The summed E-state index contributed by atoms with van der Waals surface area (Å²) >= 11 is 0. The van der Waals surface area contributed by atoms with Crippen molar-refractivity contribution in [2.75, 3.05) is 13.2 Å². The second-order valence-electron chi connectivity index (χ2n) is 7.48. The Morgan fingerprint density at radius 2 is 2.21 bits per heavy atom. The highest BCUT2D eigenvalue weighted by molar-refractivity contribution is 5.98. The van der Waals surface area contributed by atoms with E-state index in [4.69, 9.17) is 0 Å². The first kappa shape index (κ1) is 15.6. The predicted octanol–water partition coefficient (Wildman–Crippen LogP) is 2.64. The number of carbonyl (C=O) groups excluding carboxylic acids is 1. The van der Waals surface area contributed by atoms with Crippen LogP contribution in [0.15, 0.2) is 30.7 Å². The molecule has 2 fully saturated rings. The maximum Gasteiger partial charge on any atom is 0.272 e. The van der Waals surface area contributed by atoms with Crippen LogP contribution >= 0.6 is 0 Å². The van der Waals surface area contributed by atoms with Crippen LogP contribution in [0, 0.1) is 17.3 Å². The van der Waals surface area contributed by atoms with Gasteiger partial charge in [0.15, 0.2) is 5.69 Å². The topological polar surface area (TPSA) is 66.6 Å². The molecule has 0 aromatic carbocycles. The largest absolute Gasteiger partial charge is 0.396 e. The summed E-state index contributed by atoms with van der Waals surface area (Å²) in [6.45, 7) is 0.716. The lowest BCUT2D eigenvalue weighted by atomic mass is 9.64. The summed E-state index contributed by atoms with van der Waals surface area (Å²) in [6.07, 6.45) is 10.7. The van der Waals surface area contributed by atoms with E-state index in [1.54, 1.807) is 6.33 Å². The summed E-state index contributed by atoms with van der Waals surface area (Å²) in [4.78, 5) is 16.9. The van der Waals surface area contributed by atoms with Crippen LogP contribution in [0.2, 0.25) is 0 Å². The van der Waals surface area contributed by atoms with E-state index in [0.29, 0.717) is 18.2 Å². The summed E-state index contributed by atoms with van der Waals surface area (Å²) in [5.41, 5.74) is 1.13. The SMILES string of the molecule is O=C(NCC1(CO)CCCCC1C1CC1)c1ncn2ccccc12. The van der Waals surface area contributed by atoms with Crippen molar-refractivity contribution in [2.45, 2.75) is 38.5 Å². The lowest BCUT2D eigenvalue weighted by Crippen LogP contribution is -2.47. The molecule has 4 rings (SSSR count). The first-order chi connectivity index (χ1) is 11.7. The first-order valence-corrected chi connectivity index (χ1v) is 9.04. The molecule has 5 nitrogen and oxygen atoms in total. The van der Waals surface area contributed by atoms with Crippen molar-refractivity contribution in [3.63, 3.8) is 0 Å². The zero-order valence-electron chi connectivity index (χ0n) is 13.9. The molecule has 0 saturated heterocycles. The molecule has 1 amide bonds. The minimum atomic E-state index is -0.148. The van der Waals surface area contributed by atoms with Crippen LogP contribution < -0.4 is 5.32 Å². The summed E-state index contributed by atoms with van der Waals surface area (Å²) in [6, 6.07) is 5.73. The average Bonchev–Trinajstić information content (AvgIpc) is 3.38. The van der Waals surface area contributed by atoms with E-state index in [-0.39, 0.29) is 17.9 Å². The van der Waals surface area contributed by atoms with E-state index in [1.165, 1.54) is 25.7 Å². The summed E-state index contributed by atoms with van der Waals surface area (Å²) in [5, 5.41) is 13.2. The smallest absolute Gasteiger partial charge is 0.272 e. The number of imidazole rings is 1. The van der Waals surface area contributed by atoms with E-state index >= 15 is 0 Å². The van der Waals surface area contributed by atoms with Crippen LogP contribution in [0.5, 0.6) is 0 Å². The lowest BCUT2D eigenvalue weighted by Gasteiger charge is -2.43. The molecule has 0 radical (unpaired) electrons. The third-order valence-corrected chi connectivity index (χ3v) is 5.99. The fourth-order valence-electron chi connectivity index (χ4n) is 4.50. The van der Waals surface area contributed by atoms with Gasteiger partial charge in [0, 0.05) is 18.2 Å². The molecule has 2 N–H and O–H groups in total. The molecule has 2 aromatic heterocycles. The van der Waals surface area contributed by atoms with Gasteiger partial charge in [0.25, 0.3) is 5.91 Å². The molecular formula is C19H25N3O2. The molecular weight excluding hydrogens is 302 g/mol. The molecule has 0 spiro atoms. The molecule has 2 atom stereocenters. The van der Waals surface area contributed by atoms with E-state index in [0.717, 1.165) is 24.3 Å². The number of hydrogen-bond acceptors (Lipinski definition) is 3. The number of carbonyl (C=O) groups is 1. The summed E-state index contributed by atoms with van der Waals surface area (Å²) in [7, 11) is 0. The number of aliphatic hydroxyl groups excluding tert-OH is 1. The highest BCUT2D eigenvalue weighted by Crippen LogP contribution is 2.52. The van der Waals surface area contributed by atoms with E-state index in [9.17, 15) is 9.90 Å². The van der Waals surface area contributed by atoms with Crippen LogP contribution in [-0.2, 0) is 0 Å². The quantitative estimate of drug-likeness (QED) is 0.887. The monoisotopic (exact) mass is 327 g/mol. The maximum atomic E-state index is 12.6. The summed E-state index contributed by atoms with van der Waals surface area (Å²) < 4.78 is 1.85. The number of rotatable bonds is 5. The molecule has 2 unspecified atom stereocenters. The Morgan fingerprint density at radius 1 is 1.33 bits per heavy atom. The highest BCUT2D eigenvalue weighted by atomic mass is 16.3. The van der Waals surface area contributed by atoms with Gasteiger partial charge in [0.2, 0.25) is 0 Å².